The number of nitrogens with one attached hydrogen (secondary N) is 1. The molecule has 1 aromatic rings. The molecule has 0 aromatic carbocycles. The zero-order chi connectivity index (χ0) is 12.8. The maximum absolute atomic E-state index is 3.80. The molecule has 2 rings (SSSR count). The average molecular weight is 266 g/mol. The van der Waals surface area contributed by atoms with E-state index >= 15 is 0 Å². The molecular formula is C15H26N2S. The van der Waals surface area contributed by atoms with Crippen molar-refractivity contribution in [1.82, 2.24) is 10.2 Å². The van der Waals surface area contributed by atoms with E-state index in [1.807, 2.05) is 11.3 Å². The molecule has 0 bridgehead atoms. The lowest BCUT2D eigenvalue weighted by Gasteiger charge is -2.31. The second-order valence-corrected chi connectivity index (χ2v) is 6.51. The Morgan fingerprint density at radius 3 is 3.11 bits per heavy atom. The van der Waals surface area contributed by atoms with Crippen molar-refractivity contribution < 1.29 is 0 Å². The summed E-state index contributed by atoms with van der Waals surface area (Å²) >= 11 is 1.89. The third-order valence-electron chi connectivity index (χ3n) is 3.84. The summed E-state index contributed by atoms with van der Waals surface area (Å²) in [4.78, 5) is 3.97. The summed E-state index contributed by atoms with van der Waals surface area (Å²) in [6, 6.07) is 5.01. The molecule has 1 N–H and O–H groups in total. The van der Waals surface area contributed by atoms with E-state index in [-0.39, 0.29) is 0 Å². The van der Waals surface area contributed by atoms with Crippen LogP contribution in [0.2, 0.25) is 0 Å². The topological polar surface area (TPSA) is 15.3 Å². The number of rotatable bonds is 6. The second-order valence-electron chi connectivity index (χ2n) is 5.54. The van der Waals surface area contributed by atoms with E-state index in [1.165, 1.54) is 50.2 Å². The highest BCUT2D eigenvalue weighted by molar-refractivity contribution is 7.10. The van der Waals surface area contributed by atoms with E-state index in [9.17, 15) is 0 Å². The molecule has 0 saturated carbocycles. The first kappa shape index (κ1) is 14.0. The fraction of sp³-hybridized carbons (Fsp3) is 0.733. The van der Waals surface area contributed by atoms with E-state index in [4.69, 9.17) is 0 Å². The van der Waals surface area contributed by atoms with Gasteiger partial charge in [-0.1, -0.05) is 19.4 Å². The van der Waals surface area contributed by atoms with Gasteiger partial charge in [0.25, 0.3) is 0 Å². The number of nitrogens with zero attached hydrogens (tertiary/aromatic N) is 1. The van der Waals surface area contributed by atoms with Crippen LogP contribution < -0.4 is 5.32 Å². The van der Waals surface area contributed by atoms with Crippen LogP contribution in [0.1, 0.15) is 43.5 Å². The third-order valence-corrected chi connectivity index (χ3v) is 4.82. The number of hydrogen-bond acceptors (Lipinski definition) is 3. The molecule has 0 spiro atoms. The molecule has 1 aliphatic rings. The van der Waals surface area contributed by atoms with Crippen LogP contribution >= 0.6 is 11.3 Å². The van der Waals surface area contributed by atoms with Crippen LogP contribution in [-0.2, 0) is 0 Å². The van der Waals surface area contributed by atoms with Gasteiger partial charge in [-0.25, -0.2) is 0 Å². The summed E-state index contributed by atoms with van der Waals surface area (Å²) in [5.41, 5.74) is 0. The molecule has 102 valence electrons. The Hall–Kier alpha value is -0.380. The van der Waals surface area contributed by atoms with Gasteiger partial charge in [0.2, 0.25) is 0 Å². The van der Waals surface area contributed by atoms with Gasteiger partial charge in [0.15, 0.2) is 0 Å². The molecule has 0 radical (unpaired) electrons. The Labute approximate surface area is 115 Å². The zero-order valence-corrected chi connectivity index (χ0v) is 12.5. The highest BCUT2D eigenvalue weighted by atomic mass is 32.1. The summed E-state index contributed by atoms with van der Waals surface area (Å²) in [6.07, 6.45) is 5.25. The van der Waals surface area contributed by atoms with Crippen molar-refractivity contribution in [2.45, 2.75) is 38.6 Å². The lowest BCUT2D eigenvalue weighted by molar-refractivity contribution is 0.202. The summed E-state index contributed by atoms with van der Waals surface area (Å²) in [5, 5.41) is 5.99. The monoisotopic (exact) mass is 266 g/mol. The highest BCUT2D eigenvalue weighted by Gasteiger charge is 2.19. The first-order valence-electron chi connectivity index (χ1n) is 7.25. The Kier molecular flexibility index (Phi) is 5.67. The number of hydrogen-bond donors (Lipinski definition) is 1. The van der Waals surface area contributed by atoms with Crippen LogP contribution in [0.15, 0.2) is 17.5 Å². The van der Waals surface area contributed by atoms with Gasteiger partial charge < -0.3 is 10.2 Å². The minimum absolute atomic E-state index is 0.572. The van der Waals surface area contributed by atoms with Gasteiger partial charge in [0, 0.05) is 17.5 Å². The first-order chi connectivity index (χ1) is 8.79. The van der Waals surface area contributed by atoms with Crippen LogP contribution in [0.4, 0.5) is 0 Å². The van der Waals surface area contributed by atoms with Gasteiger partial charge in [-0.3, -0.25) is 0 Å². The van der Waals surface area contributed by atoms with Crippen molar-refractivity contribution in [1.29, 1.82) is 0 Å². The minimum Gasteiger partial charge on any atom is -0.309 e. The van der Waals surface area contributed by atoms with E-state index in [1.54, 1.807) is 0 Å². The Morgan fingerprint density at radius 2 is 2.44 bits per heavy atom. The molecule has 0 aliphatic carbocycles. The predicted molar refractivity (Wildman–Crippen MR) is 80.2 cm³/mol. The first-order valence-corrected chi connectivity index (χ1v) is 8.13. The largest absolute Gasteiger partial charge is 0.309 e. The van der Waals surface area contributed by atoms with Crippen molar-refractivity contribution in [2.75, 3.05) is 26.7 Å². The van der Waals surface area contributed by atoms with Crippen molar-refractivity contribution in [3.05, 3.63) is 22.4 Å². The smallest absolute Gasteiger partial charge is 0.0414 e. The van der Waals surface area contributed by atoms with E-state index in [2.05, 4.69) is 41.7 Å². The summed E-state index contributed by atoms with van der Waals surface area (Å²) in [5.74, 6) is 0.836. The fourth-order valence-electron chi connectivity index (χ4n) is 2.87. The molecule has 2 unspecified atom stereocenters. The van der Waals surface area contributed by atoms with Crippen LogP contribution in [-0.4, -0.2) is 31.6 Å². The Bertz CT molecular complexity index is 323. The van der Waals surface area contributed by atoms with Crippen molar-refractivity contribution in [3.63, 3.8) is 0 Å². The van der Waals surface area contributed by atoms with E-state index in [0.717, 1.165) is 5.92 Å². The van der Waals surface area contributed by atoms with Crippen molar-refractivity contribution >= 4 is 11.3 Å². The Balaban J connectivity index is 1.82. The van der Waals surface area contributed by atoms with Crippen LogP contribution in [0.5, 0.6) is 0 Å². The van der Waals surface area contributed by atoms with Crippen molar-refractivity contribution in [3.8, 4) is 0 Å². The molecule has 2 atom stereocenters. The molecule has 0 amide bonds. The van der Waals surface area contributed by atoms with Gasteiger partial charge >= 0.3 is 0 Å². The van der Waals surface area contributed by atoms with Gasteiger partial charge in [-0.05, 0) is 56.8 Å². The third kappa shape index (κ3) is 4.08. The quantitative estimate of drug-likeness (QED) is 0.847. The highest BCUT2D eigenvalue weighted by Crippen LogP contribution is 2.24. The van der Waals surface area contributed by atoms with Crippen LogP contribution in [0, 0.1) is 5.92 Å². The predicted octanol–water partition coefficient (Wildman–Crippen LogP) is 3.52. The fourth-order valence-corrected chi connectivity index (χ4v) is 3.71. The van der Waals surface area contributed by atoms with Crippen LogP contribution in [0.3, 0.4) is 0 Å². The van der Waals surface area contributed by atoms with Gasteiger partial charge in [-0.15, -0.1) is 11.3 Å². The maximum Gasteiger partial charge on any atom is 0.0414 e. The average Bonchev–Trinajstić information content (AvgIpc) is 2.88. The van der Waals surface area contributed by atoms with Crippen LogP contribution in [0.25, 0.3) is 0 Å². The summed E-state index contributed by atoms with van der Waals surface area (Å²) in [7, 11) is 2.24. The molecule has 18 heavy (non-hydrogen) atoms. The molecule has 1 fully saturated rings. The molecule has 1 saturated heterocycles. The summed E-state index contributed by atoms with van der Waals surface area (Å²) in [6.45, 7) is 5.99. The lowest BCUT2D eigenvalue weighted by atomic mass is 9.98. The zero-order valence-electron chi connectivity index (χ0n) is 11.7. The molecular weight excluding hydrogens is 240 g/mol. The van der Waals surface area contributed by atoms with E-state index in [0.29, 0.717) is 6.04 Å². The van der Waals surface area contributed by atoms with Crippen molar-refractivity contribution in [2.24, 2.45) is 5.92 Å². The SMILES string of the molecule is CCCC(NCC1CCCN(C)C1)c1cccs1. The molecule has 3 heteroatoms. The standard InChI is InChI=1S/C15H26N2S/c1-3-6-14(15-8-5-10-18-15)16-11-13-7-4-9-17(2)12-13/h5,8,10,13-14,16H,3-4,6-7,9,11-12H2,1-2H3. The normalized spacial score (nSPS) is 23.1. The molecule has 2 heterocycles. The van der Waals surface area contributed by atoms with Gasteiger partial charge in [0.05, 0.1) is 0 Å². The van der Waals surface area contributed by atoms with Gasteiger partial charge in [0.1, 0.15) is 0 Å². The van der Waals surface area contributed by atoms with E-state index < -0.39 is 0 Å². The molecule has 1 aliphatic heterocycles. The Morgan fingerprint density at radius 1 is 1.56 bits per heavy atom. The second kappa shape index (κ2) is 7.27. The minimum atomic E-state index is 0.572. The lowest BCUT2D eigenvalue weighted by Crippen LogP contribution is -2.38. The summed E-state index contributed by atoms with van der Waals surface area (Å²) < 4.78 is 0. The maximum atomic E-state index is 3.80. The number of thiophene rings is 1. The number of piperidine rings is 1. The molecule has 1 aromatic heterocycles. The molecule has 2 nitrogen and oxygen atoms in total. The van der Waals surface area contributed by atoms with Gasteiger partial charge in [-0.2, -0.15) is 0 Å². The number of likely N-dealkylation sites (tertiary alicyclic amines) is 1.